The van der Waals surface area contributed by atoms with Crippen LogP contribution in [0.3, 0.4) is 0 Å². The molecule has 0 unspecified atom stereocenters. The van der Waals surface area contributed by atoms with Crippen molar-refractivity contribution >= 4 is 23.6 Å². The number of nitrogens with zero attached hydrogens (tertiary/aromatic N) is 3. The molecular formula is C32H30N4O6. The molecule has 0 atom stereocenters. The predicted molar refractivity (Wildman–Crippen MR) is 156 cm³/mol. The summed E-state index contributed by atoms with van der Waals surface area (Å²) in [6, 6.07) is 29.5. The van der Waals surface area contributed by atoms with E-state index < -0.39 is 11.0 Å². The first-order chi connectivity index (χ1) is 20.4. The number of non-ortho nitro benzene ring substituents is 1. The summed E-state index contributed by atoms with van der Waals surface area (Å²) in [4.78, 5) is 37.7. The summed E-state index contributed by atoms with van der Waals surface area (Å²) in [5.41, 5.74) is 12.4. The molecule has 2 aliphatic rings. The summed E-state index contributed by atoms with van der Waals surface area (Å²) < 4.78 is 10.6. The molecule has 2 aliphatic heterocycles. The third-order valence-electron chi connectivity index (χ3n) is 7.00. The highest BCUT2D eigenvalue weighted by atomic mass is 16.6. The number of nitrogens with two attached hydrogens (primary N) is 1. The highest BCUT2D eigenvalue weighted by Gasteiger charge is 2.26. The van der Waals surface area contributed by atoms with Crippen LogP contribution in [0.15, 0.2) is 97.1 Å². The number of carbonyl (C=O) groups is 2. The SMILES string of the molecule is Nc1ccc2c(c1)CN(C(=O)OCc1ccccc1)C2.O=C(OCc1ccccc1)N1Cc2ccc([N+](=O)[O-])cc2C1. The molecule has 0 bridgehead atoms. The average Bonchev–Trinajstić information content (AvgIpc) is 3.64. The molecule has 10 heteroatoms. The van der Waals surface area contributed by atoms with Gasteiger partial charge in [-0.1, -0.05) is 72.8 Å². The average molecular weight is 567 g/mol. The van der Waals surface area contributed by atoms with Crippen LogP contribution in [-0.2, 0) is 48.9 Å². The fourth-order valence-electron chi connectivity index (χ4n) is 4.79. The molecule has 2 amide bonds. The molecule has 0 aliphatic carbocycles. The minimum Gasteiger partial charge on any atom is -0.445 e. The highest BCUT2D eigenvalue weighted by molar-refractivity contribution is 5.70. The van der Waals surface area contributed by atoms with Gasteiger partial charge in [-0.05, 0) is 45.5 Å². The second-order valence-corrected chi connectivity index (χ2v) is 10.0. The van der Waals surface area contributed by atoms with E-state index in [4.69, 9.17) is 15.2 Å². The summed E-state index contributed by atoms with van der Waals surface area (Å²) in [6.07, 6.45) is -0.702. The van der Waals surface area contributed by atoms with E-state index in [1.165, 1.54) is 17.0 Å². The molecule has 2 N–H and O–H groups in total. The zero-order valence-electron chi connectivity index (χ0n) is 22.8. The molecule has 4 aromatic carbocycles. The Labute approximate surface area is 243 Å². The third-order valence-corrected chi connectivity index (χ3v) is 7.00. The summed E-state index contributed by atoms with van der Waals surface area (Å²) in [6.45, 7) is 2.42. The maximum absolute atomic E-state index is 12.1. The van der Waals surface area contributed by atoms with Gasteiger partial charge in [0, 0.05) is 44.0 Å². The Kier molecular flexibility index (Phi) is 8.62. The quantitative estimate of drug-likeness (QED) is 0.174. The van der Waals surface area contributed by atoms with Crippen molar-refractivity contribution in [2.45, 2.75) is 39.4 Å². The van der Waals surface area contributed by atoms with E-state index in [1.807, 2.05) is 78.9 Å². The summed E-state index contributed by atoms with van der Waals surface area (Å²) in [5.74, 6) is 0. The minimum atomic E-state index is -0.434. The van der Waals surface area contributed by atoms with Gasteiger partial charge < -0.3 is 15.2 Å². The smallest absolute Gasteiger partial charge is 0.410 e. The van der Waals surface area contributed by atoms with Crippen LogP contribution in [0, 0.1) is 10.1 Å². The number of hydrogen-bond acceptors (Lipinski definition) is 7. The van der Waals surface area contributed by atoms with Gasteiger partial charge >= 0.3 is 12.2 Å². The van der Waals surface area contributed by atoms with Gasteiger partial charge in [0.05, 0.1) is 4.92 Å². The molecule has 6 rings (SSSR count). The van der Waals surface area contributed by atoms with E-state index >= 15 is 0 Å². The van der Waals surface area contributed by atoms with Crippen molar-refractivity contribution in [1.82, 2.24) is 9.80 Å². The fraction of sp³-hybridized carbons (Fsp3) is 0.188. The summed E-state index contributed by atoms with van der Waals surface area (Å²) >= 11 is 0. The molecule has 0 aromatic heterocycles. The normalized spacial score (nSPS) is 13.0. The van der Waals surface area contributed by atoms with Crippen molar-refractivity contribution in [3.63, 3.8) is 0 Å². The fourth-order valence-corrected chi connectivity index (χ4v) is 4.79. The Morgan fingerprint density at radius 1 is 0.667 bits per heavy atom. The Morgan fingerprint density at radius 2 is 1.12 bits per heavy atom. The molecule has 0 spiro atoms. The Hall–Kier alpha value is -5.38. The third kappa shape index (κ3) is 7.03. The number of anilines is 1. The highest BCUT2D eigenvalue weighted by Crippen LogP contribution is 2.27. The van der Waals surface area contributed by atoms with E-state index in [0.717, 1.165) is 39.1 Å². The van der Waals surface area contributed by atoms with Crippen molar-refractivity contribution in [2.75, 3.05) is 5.73 Å². The molecule has 2 heterocycles. The van der Waals surface area contributed by atoms with Gasteiger partial charge in [-0.25, -0.2) is 9.59 Å². The van der Waals surface area contributed by atoms with E-state index in [0.29, 0.717) is 32.8 Å². The lowest BCUT2D eigenvalue weighted by Gasteiger charge is -2.15. The number of nitrogen functional groups attached to an aromatic ring is 1. The lowest BCUT2D eigenvalue weighted by molar-refractivity contribution is -0.384. The van der Waals surface area contributed by atoms with E-state index in [9.17, 15) is 19.7 Å². The first kappa shape index (κ1) is 28.2. The van der Waals surface area contributed by atoms with Crippen LogP contribution >= 0.6 is 0 Å². The van der Waals surface area contributed by atoms with Crippen LogP contribution in [0.25, 0.3) is 0 Å². The number of carbonyl (C=O) groups excluding carboxylic acids is 2. The zero-order chi connectivity index (χ0) is 29.5. The van der Waals surface area contributed by atoms with Crippen molar-refractivity contribution in [3.05, 3.63) is 141 Å². The van der Waals surface area contributed by atoms with Gasteiger partial charge in [-0.2, -0.15) is 0 Å². The number of amides is 2. The van der Waals surface area contributed by atoms with Gasteiger partial charge in [0.15, 0.2) is 0 Å². The second-order valence-electron chi connectivity index (χ2n) is 10.0. The second kappa shape index (κ2) is 12.9. The molecule has 0 saturated carbocycles. The van der Waals surface area contributed by atoms with Crippen molar-refractivity contribution in [3.8, 4) is 0 Å². The molecule has 42 heavy (non-hydrogen) atoms. The van der Waals surface area contributed by atoms with Crippen LogP contribution in [0.5, 0.6) is 0 Å². The molecule has 4 aromatic rings. The lowest BCUT2D eigenvalue weighted by atomic mass is 10.1. The number of rotatable bonds is 5. The number of fused-ring (bicyclic) bond motifs is 2. The topological polar surface area (TPSA) is 128 Å². The lowest BCUT2D eigenvalue weighted by Crippen LogP contribution is -2.25. The van der Waals surface area contributed by atoms with Crippen LogP contribution in [0.1, 0.15) is 33.4 Å². The number of nitro groups is 1. The minimum absolute atomic E-state index is 0.0400. The molecule has 10 nitrogen and oxygen atoms in total. The Morgan fingerprint density at radius 3 is 1.62 bits per heavy atom. The molecule has 0 radical (unpaired) electrons. The van der Waals surface area contributed by atoms with Crippen molar-refractivity contribution in [1.29, 1.82) is 0 Å². The van der Waals surface area contributed by atoms with Crippen LogP contribution in [0.2, 0.25) is 0 Å². The molecule has 0 fully saturated rings. The van der Waals surface area contributed by atoms with Gasteiger partial charge in [0.2, 0.25) is 0 Å². The standard InChI is InChI=1S/C16H14N2O4.C16H16N2O2/c19-16(22-11-12-4-2-1-3-5-12)17-9-13-6-7-15(18(20)21)8-14(13)10-17;17-15-7-6-13-9-18(10-14(13)8-15)16(19)20-11-12-4-2-1-3-5-12/h1-8H,9-11H2;1-8H,9-11,17H2. The Bertz CT molecular complexity index is 1580. The monoisotopic (exact) mass is 566 g/mol. The van der Waals surface area contributed by atoms with E-state index in [2.05, 4.69) is 0 Å². The predicted octanol–water partition coefficient (Wildman–Crippen LogP) is 6.17. The molecule has 0 saturated heterocycles. The van der Waals surface area contributed by atoms with Gasteiger partial charge in [0.1, 0.15) is 13.2 Å². The molecule has 214 valence electrons. The van der Waals surface area contributed by atoms with Gasteiger partial charge in [-0.15, -0.1) is 0 Å². The zero-order valence-corrected chi connectivity index (χ0v) is 22.8. The number of benzene rings is 4. The number of nitro benzene ring substituents is 1. The van der Waals surface area contributed by atoms with E-state index in [-0.39, 0.29) is 18.4 Å². The Balaban J connectivity index is 0.000000169. The maximum Gasteiger partial charge on any atom is 0.410 e. The maximum atomic E-state index is 12.1. The van der Waals surface area contributed by atoms with Crippen LogP contribution in [-0.4, -0.2) is 26.9 Å². The molecular weight excluding hydrogens is 536 g/mol. The van der Waals surface area contributed by atoms with Crippen LogP contribution in [0.4, 0.5) is 21.0 Å². The first-order valence-electron chi connectivity index (χ1n) is 13.4. The van der Waals surface area contributed by atoms with Crippen LogP contribution < -0.4 is 5.73 Å². The number of hydrogen-bond donors (Lipinski definition) is 1. The van der Waals surface area contributed by atoms with Gasteiger partial charge in [-0.3, -0.25) is 19.9 Å². The van der Waals surface area contributed by atoms with Gasteiger partial charge in [0.25, 0.3) is 5.69 Å². The summed E-state index contributed by atoms with van der Waals surface area (Å²) in [7, 11) is 0. The van der Waals surface area contributed by atoms with Crippen molar-refractivity contribution in [2.24, 2.45) is 0 Å². The van der Waals surface area contributed by atoms with E-state index in [1.54, 1.807) is 11.0 Å². The van der Waals surface area contributed by atoms with Crippen molar-refractivity contribution < 1.29 is 24.0 Å². The number of ether oxygens (including phenoxy) is 2. The largest absolute Gasteiger partial charge is 0.445 e. The first-order valence-corrected chi connectivity index (χ1v) is 13.4. The summed E-state index contributed by atoms with van der Waals surface area (Å²) in [5, 5.41) is 10.8.